The molecule has 126 valence electrons. The number of rotatable bonds is 8. The van der Waals surface area contributed by atoms with E-state index in [-0.39, 0.29) is 5.78 Å². The zero-order valence-electron chi connectivity index (χ0n) is 14.5. The number of ketones is 1. The second kappa shape index (κ2) is 8.89. The van der Waals surface area contributed by atoms with Gasteiger partial charge in [0.2, 0.25) is 0 Å². The molecule has 0 unspecified atom stereocenters. The highest BCUT2D eigenvalue weighted by Gasteiger charge is 2.01. The molecule has 0 aliphatic heterocycles. The number of carbonyl (C=O) groups is 1. The highest BCUT2D eigenvalue weighted by atomic mass is 16.5. The van der Waals surface area contributed by atoms with Crippen molar-refractivity contribution in [3.8, 4) is 5.75 Å². The van der Waals surface area contributed by atoms with Gasteiger partial charge in [0.15, 0.2) is 5.78 Å². The largest absolute Gasteiger partial charge is 0.497 e. The van der Waals surface area contributed by atoms with E-state index in [1.165, 1.54) is 0 Å². The molecule has 0 spiro atoms. The first-order valence-corrected chi connectivity index (χ1v) is 7.93. The summed E-state index contributed by atoms with van der Waals surface area (Å²) in [6, 6.07) is 15.1. The first-order valence-electron chi connectivity index (χ1n) is 7.93. The van der Waals surface area contributed by atoms with E-state index in [1.54, 1.807) is 37.5 Å². The molecule has 2 aromatic rings. The third-order valence-corrected chi connectivity index (χ3v) is 3.60. The molecule has 24 heavy (non-hydrogen) atoms. The highest BCUT2D eigenvalue weighted by molar-refractivity contribution is 6.06. The second-order valence-electron chi connectivity index (χ2n) is 5.78. The van der Waals surface area contributed by atoms with Gasteiger partial charge >= 0.3 is 0 Å². The molecular weight excluding hydrogens is 300 g/mol. The summed E-state index contributed by atoms with van der Waals surface area (Å²) in [4.78, 5) is 14.3. The van der Waals surface area contributed by atoms with E-state index in [0.717, 1.165) is 30.1 Å². The number of carbonyl (C=O) groups excluding carboxylic acids is 1. The molecule has 0 heterocycles. The molecule has 2 aromatic carbocycles. The molecule has 0 fully saturated rings. The fourth-order valence-corrected chi connectivity index (χ4v) is 2.16. The lowest BCUT2D eigenvalue weighted by molar-refractivity contribution is 0.104. The van der Waals surface area contributed by atoms with Gasteiger partial charge in [0, 0.05) is 24.3 Å². The molecule has 0 aliphatic carbocycles. The Kier molecular flexibility index (Phi) is 6.58. The molecule has 0 saturated heterocycles. The lowest BCUT2D eigenvalue weighted by Gasteiger charge is -2.11. The van der Waals surface area contributed by atoms with E-state index in [1.807, 2.05) is 30.3 Å². The number of nitrogens with zero attached hydrogens (tertiary/aromatic N) is 1. The first kappa shape index (κ1) is 17.8. The topological polar surface area (TPSA) is 41.6 Å². The first-order chi connectivity index (χ1) is 11.6. The van der Waals surface area contributed by atoms with Crippen molar-refractivity contribution in [1.82, 2.24) is 4.90 Å². The van der Waals surface area contributed by atoms with Crippen molar-refractivity contribution < 1.29 is 9.53 Å². The monoisotopic (exact) mass is 324 g/mol. The zero-order chi connectivity index (χ0) is 17.4. The Labute approximate surface area is 143 Å². The number of hydrogen-bond acceptors (Lipinski definition) is 4. The quantitative estimate of drug-likeness (QED) is 0.595. The minimum Gasteiger partial charge on any atom is -0.497 e. The predicted octanol–water partition coefficient (Wildman–Crippen LogP) is 3.56. The number of nitrogens with one attached hydrogen (secondary N) is 1. The summed E-state index contributed by atoms with van der Waals surface area (Å²) in [6.45, 7) is 1.89. The summed E-state index contributed by atoms with van der Waals surface area (Å²) >= 11 is 0. The standard InChI is InChI=1S/C20H24N2O2/c1-22(2)15-14-21-18-9-4-16(5-10-18)6-13-20(23)17-7-11-19(24-3)12-8-17/h4-13,21H,14-15H2,1-3H3. The molecule has 0 bridgehead atoms. The van der Waals surface area contributed by atoms with Crippen molar-refractivity contribution in [1.29, 1.82) is 0 Å². The Morgan fingerprint density at radius 3 is 2.33 bits per heavy atom. The van der Waals surface area contributed by atoms with Crippen molar-refractivity contribution in [3.63, 3.8) is 0 Å². The number of hydrogen-bond donors (Lipinski definition) is 1. The van der Waals surface area contributed by atoms with Gasteiger partial charge in [-0.3, -0.25) is 4.79 Å². The molecule has 0 amide bonds. The Balaban J connectivity index is 1.92. The molecule has 0 aliphatic rings. The minimum absolute atomic E-state index is 0.0224. The van der Waals surface area contributed by atoms with Gasteiger partial charge in [-0.25, -0.2) is 0 Å². The SMILES string of the molecule is COc1ccc(C(=O)C=Cc2ccc(NCCN(C)C)cc2)cc1. The smallest absolute Gasteiger partial charge is 0.185 e. The number of anilines is 1. The van der Waals surface area contributed by atoms with Crippen LogP contribution in [0.4, 0.5) is 5.69 Å². The van der Waals surface area contributed by atoms with Crippen LogP contribution in [0.2, 0.25) is 0 Å². The lowest BCUT2D eigenvalue weighted by atomic mass is 10.1. The van der Waals surface area contributed by atoms with Gasteiger partial charge < -0.3 is 15.0 Å². The van der Waals surface area contributed by atoms with Crippen LogP contribution < -0.4 is 10.1 Å². The Morgan fingerprint density at radius 1 is 1.08 bits per heavy atom. The van der Waals surface area contributed by atoms with Gasteiger partial charge in [-0.2, -0.15) is 0 Å². The van der Waals surface area contributed by atoms with Crippen LogP contribution in [0.3, 0.4) is 0 Å². The normalized spacial score (nSPS) is 11.0. The highest BCUT2D eigenvalue weighted by Crippen LogP contribution is 2.14. The van der Waals surface area contributed by atoms with Gasteiger partial charge in [-0.1, -0.05) is 18.2 Å². The molecule has 1 N–H and O–H groups in total. The van der Waals surface area contributed by atoms with E-state index in [0.29, 0.717) is 5.56 Å². The number of benzene rings is 2. The predicted molar refractivity (Wildman–Crippen MR) is 99.8 cm³/mol. The van der Waals surface area contributed by atoms with Gasteiger partial charge in [-0.15, -0.1) is 0 Å². The van der Waals surface area contributed by atoms with Crippen LogP contribution in [0.15, 0.2) is 54.6 Å². The minimum atomic E-state index is -0.0224. The summed E-state index contributed by atoms with van der Waals surface area (Å²) in [6.07, 6.45) is 3.42. The molecular formula is C20H24N2O2. The molecule has 4 heteroatoms. The van der Waals surface area contributed by atoms with E-state index in [2.05, 4.69) is 24.3 Å². The van der Waals surface area contributed by atoms with E-state index < -0.39 is 0 Å². The molecule has 4 nitrogen and oxygen atoms in total. The Bertz CT molecular complexity index is 674. The van der Waals surface area contributed by atoms with Gasteiger partial charge in [0.25, 0.3) is 0 Å². The lowest BCUT2D eigenvalue weighted by Crippen LogP contribution is -2.20. The summed E-state index contributed by atoms with van der Waals surface area (Å²) < 4.78 is 5.09. The number of allylic oxidation sites excluding steroid dienone is 1. The molecule has 2 rings (SSSR count). The van der Waals surface area contributed by atoms with Crippen LogP contribution in [-0.2, 0) is 0 Å². The third-order valence-electron chi connectivity index (χ3n) is 3.60. The van der Waals surface area contributed by atoms with Crippen LogP contribution in [0.25, 0.3) is 6.08 Å². The van der Waals surface area contributed by atoms with Crippen LogP contribution in [0.5, 0.6) is 5.75 Å². The van der Waals surface area contributed by atoms with Crippen LogP contribution in [-0.4, -0.2) is 45.0 Å². The van der Waals surface area contributed by atoms with E-state index >= 15 is 0 Å². The van der Waals surface area contributed by atoms with Crippen LogP contribution in [0.1, 0.15) is 15.9 Å². The summed E-state index contributed by atoms with van der Waals surface area (Å²) in [5.74, 6) is 0.721. The zero-order valence-corrected chi connectivity index (χ0v) is 14.5. The molecule has 0 radical (unpaired) electrons. The van der Waals surface area contributed by atoms with Crippen molar-refractivity contribution >= 4 is 17.5 Å². The van der Waals surface area contributed by atoms with Crippen LogP contribution in [0, 0.1) is 0 Å². The van der Waals surface area contributed by atoms with Crippen molar-refractivity contribution in [2.45, 2.75) is 0 Å². The van der Waals surface area contributed by atoms with Gasteiger partial charge in [0.1, 0.15) is 5.75 Å². The summed E-state index contributed by atoms with van der Waals surface area (Å²) in [5, 5.41) is 3.36. The van der Waals surface area contributed by atoms with Crippen molar-refractivity contribution in [2.75, 3.05) is 39.6 Å². The molecule has 0 aromatic heterocycles. The Morgan fingerprint density at radius 2 is 1.75 bits per heavy atom. The average molecular weight is 324 g/mol. The van der Waals surface area contributed by atoms with Gasteiger partial charge in [0.05, 0.1) is 7.11 Å². The fraction of sp³-hybridized carbons (Fsp3) is 0.250. The van der Waals surface area contributed by atoms with Crippen molar-refractivity contribution in [3.05, 3.63) is 65.7 Å². The maximum Gasteiger partial charge on any atom is 0.185 e. The second-order valence-corrected chi connectivity index (χ2v) is 5.78. The number of likely N-dealkylation sites (N-methyl/N-ethyl adjacent to an activating group) is 1. The maximum absolute atomic E-state index is 12.1. The summed E-state index contributed by atoms with van der Waals surface area (Å²) in [7, 11) is 5.71. The van der Waals surface area contributed by atoms with Gasteiger partial charge in [-0.05, 0) is 62.1 Å². The van der Waals surface area contributed by atoms with Crippen LogP contribution >= 0.6 is 0 Å². The fourth-order valence-electron chi connectivity index (χ4n) is 2.16. The van der Waals surface area contributed by atoms with E-state index in [4.69, 9.17) is 4.74 Å². The molecule has 0 atom stereocenters. The average Bonchev–Trinajstić information content (AvgIpc) is 2.60. The molecule has 0 saturated carbocycles. The number of methoxy groups -OCH3 is 1. The van der Waals surface area contributed by atoms with E-state index in [9.17, 15) is 4.79 Å². The third kappa shape index (κ3) is 5.56. The Hall–Kier alpha value is -2.59. The maximum atomic E-state index is 12.1. The van der Waals surface area contributed by atoms with Crippen molar-refractivity contribution in [2.24, 2.45) is 0 Å². The number of ether oxygens (including phenoxy) is 1. The summed E-state index contributed by atoms with van der Waals surface area (Å²) in [5.41, 5.74) is 2.72.